The molecule has 0 radical (unpaired) electrons. The molecule has 3 aromatic carbocycles. The van der Waals surface area contributed by atoms with Crippen LogP contribution < -0.4 is 4.74 Å². The van der Waals surface area contributed by atoms with E-state index in [0.717, 1.165) is 52.8 Å². The van der Waals surface area contributed by atoms with Crippen LogP contribution in [0.2, 0.25) is 0 Å². The highest BCUT2D eigenvalue weighted by molar-refractivity contribution is 5.72. The minimum absolute atomic E-state index is 0.279. The summed E-state index contributed by atoms with van der Waals surface area (Å²) in [6.07, 6.45) is 12.3. The van der Waals surface area contributed by atoms with Crippen molar-refractivity contribution in [3.05, 3.63) is 82.4 Å². The Labute approximate surface area is 273 Å². The Morgan fingerprint density at radius 1 is 0.578 bits per heavy atom. The second-order valence-electron chi connectivity index (χ2n) is 14.2. The van der Waals surface area contributed by atoms with Gasteiger partial charge in [-0.05, 0) is 87.6 Å². The van der Waals surface area contributed by atoms with Gasteiger partial charge in [0.25, 0.3) is 0 Å². The minimum Gasteiger partial charge on any atom is -0.493 e. The van der Waals surface area contributed by atoms with Crippen LogP contribution >= 0.6 is 0 Å². The number of hydrogen-bond donors (Lipinski definition) is 0. The molecular formula is C41H55N3O. The molecule has 0 saturated carbocycles. The maximum Gasteiger partial charge on any atom is 0.167 e. The van der Waals surface area contributed by atoms with E-state index in [4.69, 9.17) is 19.7 Å². The summed E-state index contributed by atoms with van der Waals surface area (Å²) in [5.41, 5.74) is 9.33. The molecule has 240 valence electrons. The van der Waals surface area contributed by atoms with Crippen molar-refractivity contribution >= 4 is 0 Å². The second kappa shape index (κ2) is 16.2. The lowest BCUT2D eigenvalue weighted by Crippen LogP contribution is -2.09. The number of rotatable bonds is 15. The molecule has 1 aromatic heterocycles. The monoisotopic (exact) mass is 605 g/mol. The van der Waals surface area contributed by atoms with Gasteiger partial charge >= 0.3 is 0 Å². The van der Waals surface area contributed by atoms with Crippen molar-refractivity contribution in [2.24, 2.45) is 5.41 Å². The molecule has 0 spiro atoms. The highest BCUT2D eigenvalue weighted by Gasteiger charge is 2.18. The summed E-state index contributed by atoms with van der Waals surface area (Å²) < 4.78 is 6.57. The van der Waals surface area contributed by atoms with Gasteiger partial charge in [0, 0.05) is 11.1 Å². The minimum atomic E-state index is 0.279. The number of ether oxygens (including phenoxy) is 1. The average Bonchev–Trinajstić information content (AvgIpc) is 2.98. The third-order valence-corrected chi connectivity index (χ3v) is 8.57. The molecular weight excluding hydrogens is 550 g/mol. The molecule has 45 heavy (non-hydrogen) atoms. The SMILES string of the molecule is CCCCCCCCCc1ccc(-c2nc(-c3ccc(C)cc3C)nc(-c3ccc(C)cc3C)n2)c(OCCCC(C)(C)C)c1. The molecule has 0 aliphatic heterocycles. The van der Waals surface area contributed by atoms with Gasteiger partial charge in [-0.3, -0.25) is 0 Å². The van der Waals surface area contributed by atoms with E-state index < -0.39 is 0 Å². The standard InChI is InChI=1S/C41H55N3O/c1-9-10-11-12-13-14-15-17-33-20-23-36(37(28-33)45-25-16-24-41(6,7)8)40-43-38(34-21-18-29(2)26-31(34)4)42-39(44-40)35-22-19-30(3)27-32(35)5/h18-23,26-28H,9-17,24-25H2,1-8H3. The topological polar surface area (TPSA) is 47.9 Å². The van der Waals surface area contributed by atoms with Crippen molar-refractivity contribution in [2.45, 2.75) is 120 Å². The molecule has 1 heterocycles. The van der Waals surface area contributed by atoms with E-state index in [1.165, 1.54) is 61.6 Å². The van der Waals surface area contributed by atoms with Crippen molar-refractivity contribution < 1.29 is 4.74 Å². The zero-order valence-electron chi connectivity index (χ0n) is 29.2. The summed E-state index contributed by atoms with van der Waals surface area (Å²) in [5, 5.41) is 0. The summed E-state index contributed by atoms with van der Waals surface area (Å²) in [7, 11) is 0. The van der Waals surface area contributed by atoms with Crippen molar-refractivity contribution in [3.63, 3.8) is 0 Å². The van der Waals surface area contributed by atoms with E-state index in [2.05, 4.69) is 110 Å². The smallest absolute Gasteiger partial charge is 0.167 e. The predicted molar refractivity (Wildman–Crippen MR) is 191 cm³/mol. The molecule has 0 aliphatic rings. The highest BCUT2D eigenvalue weighted by Crippen LogP contribution is 2.34. The number of nitrogens with zero attached hydrogens (tertiary/aromatic N) is 3. The third kappa shape index (κ3) is 10.2. The predicted octanol–water partition coefficient (Wildman–Crippen LogP) is 11.6. The summed E-state index contributed by atoms with van der Waals surface area (Å²) >= 11 is 0. The van der Waals surface area contributed by atoms with Crippen LogP contribution in [0.3, 0.4) is 0 Å². The first-order valence-electron chi connectivity index (χ1n) is 17.2. The van der Waals surface area contributed by atoms with E-state index in [9.17, 15) is 0 Å². The molecule has 4 aromatic rings. The second-order valence-corrected chi connectivity index (χ2v) is 14.2. The van der Waals surface area contributed by atoms with Gasteiger partial charge in [-0.1, -0.05) is 120 Å². The Kier molecular flexibility index (Phi) is 12.3. The lowest BCUT2D eigenvalue weighted by Gasteiger charge is -2.19. The van der Waals surface area contributed by atoms with Gasteiger partial charge in [-0.25, -0.2) is 15.0 Å². The fourth-order valence-electron chi connectivity index (χ4n) is 5.96. The summed E-state index contributed by atoms with van der Waals surface area (Å²) in [6, 6.07) is 19.6. The Bertz CT molecular complexity index is 1480. The number of aryl methyl sites for hydroxylation is 5. The average molecular weight is 606 g/mol. The molecule has 0 atom stereocenters. The summed E-state index contributed by atoms with van der Waals surface area (Å²) in [6.45, 7) is 18.3. The normalized spacial score (nSPS) is 11.6. The van der Waals surface area contributed by atoms with Gasteiger partial charge < -0.3 is 4.74 Å². The van der Waals surface area contributed by atoms with E-state index in [-0.39, 0.29) is 5.41 Å². The summed E-state index contributed by atoms with van der Waals surface area (Å²) in [4.78, 5) is 15.3. The van der Waals surface area contributed by atoms with Gasteiger partial charge in [0.15, 0.2) is 17.5 Å². The number of unbranched alkanes of at least 4 members (excludes halogenated alkanes) is 6. The van der Waals surface area contributed by atoms with Crippen LogP contribution in [0.25, 0.3) is 34.2 Å². The number of hydrogen-bond acceptors (Lipinski definition) is 4. The molecule has 0 fully saturated rings. The molecule has 0 bridgehead atoms. The molecule has 0 aliphatic carbocycles. The van der Waals surface area contributed by atoms with E-state index in [1.54, 1.807) is 0 Å². The van der Waals surface area contributed by atoms with Crippen molar-refractivity contribution in [3.8, 4) is 39.9 Å². The van der Waals surface area contributed by atoms with Crippen molar-refractivity contribution in [1.82, 2.24) is 15.0 Å². The Morgan fingerprint density at radius 2 is 1.09 bits per heavy atom. The van der Waals surface area contributed by atoms with Gasteiger partial charge in [0.2, 0.25) is 0 Å². The van der Waals surface area contributed by atoms with E-state index in [0.29, 0.717) is 24.1 Å². The highest BCUT2D eigenvalue weighted by atomic mass is 16.5. The first-order valence-corrected chi connectivity index (χ1v) is 17.2. The van der Waals surface area contributed by atoms with Gasteiger partial charge in [0.1, 0.15) is 5.75 Å². The first-order chi connectivity index (χ1) is 21.5. The van der Waals surface area contributed by atoms with Crippen LogP contribution in [0, 0.1) is 33.1 Å². The van der Waals surface area contributed by atoms with Crippen LogP contribution in [-0.2, 0) is 6.42 Å². The fraction of sp³-hybridized carbons (Fsp3) is 0.488. The number of benzene rings is 3. The van der Waals surface area contributed by atoms with E-state index in [1.807, 2.05) is 0 Å². The lowest BCUT2D eigenvalue weighted by molar-refractivity contribution is 0.269. The Balaban J connectivity index is 1.72. The quantitative estimate of drug-likeness (QED) is 0.126. The van der Waals surface area contributed by atoms with Crippen molar-refractivity contribution in [2.75, 3.05) is 6.61 Å². The van der Waals surface area contributed by atoms with E-state index >= 15 is 0 Å². The first kappa shape index (κ1) is 34.3. The summed E-state index contributed by atoms with van der Waals surface area (Å²) in [5.74, 6) is 2.91. The van der Waals surface area contributed by atoms with Crippen molar-refractivity contribution in [1.29, 1.82) is 0 Å². The molecule has 4 nitrogen and oxygen atoms in total. The zero-order chi connectivity index (χ0) is 32.4. The van der Waals surface area contributed by atoms with Crippen LogP contribution in [0.1, 0.15) is 113 Å². The maximum atomic E-state index is 6.57. The molecule has 0 saturated heterocycles. The maximum absolute atomic E-state index is 6.57. The largest absolute Gasteiger partial charge is 0.493 e. The molecule has 0 N–H and O–H groups in total. The van der Waals surface area contributed by atoms with Gasteiger partial charge in [-0.15, -0.1) is 0 Å². The van der Waals surface area contributed by atoms with Gasteiger partial charge in [-0.2, -0.15) is 0 Å². The molecule has 0 amide bonds. The Morgan fingerprint density at radius 3 is 1.62 bits per heavy atom. The van der Waals surface area contributed by atoms with Gasteiger partial charge in [0.05, 0.1) is 12.2 Å². The van der Waals surface area contributed by atoms with Crippen LogP contribution in [-0.4, -0.2) is 21.6 Å². The van der Waals surface area contributed by atoms with Crippen LogP contribution in [0.15, 0.2) is 54.6 Å². The number of aromatic nitrogens is 3. The zero-order valence-corrected chi connectivity index (χ0v) is 29.2. The molecule has 4 heteroatoms. The molecule has 4 rings (SSSR count). The van der Waals surface area contributed by atoms with Crippen LogP contribution in [0.5, 0.6) is 5.75 Å². The Hall–Kier alpha value is -3.53. The lowest BCUT2D eigenvalue weighted by atomic mass is 9.91. The third-order valence-electron chi connectivity index (χ3n) is 8.57. The van der Waals surface area contributed by atoms with Crippen LogP contribution in [0.4, 0.5) is 0 Å². The fourth-order valence-corrected chi connectivity index (χ4v) is 5.96. The molecule has 0 unspecified atom stereocenters.